The maximum atomic E-state index is 13.6. The first-order chi connectivity index (χ1) is 23.6. The molecule has 1 aliphatic rings. The van der Waals surface area contributed by atoms with E-state index < -0.39 is 17.6 Å². The smallest absolute Gasteiger partial charge is 0.416 e. The second kappa shape index (κ2) is 14.4. The Kier molecular flexibility index (Phi) is 9.86. The van der Waals surface area contributed by atoms with Crippen LogP contribution in [0.2, 0.25) is 0 Å². The Bertz CT molecular complexity index is 1920. The number of halogens is 3. The highest BCUT2D eigenvalue weighted by Gasteiger charge is 2.30. The molecule has 1 N–H and O–H groups in total. The Hall–Kier alpha value is -5.36. The van der Waals surface area contributed by atoms with Crippen LogP contribution in [0.5, 0.6) is 17.4 Å². The van der Waals surface area contributed by atoms with Crippen molar-refractivity contribution >= 4 is 28.4 Å². The minimum absolute atomic E-state index is 0.0196. The number of carbonyl (C=O) groups excluding carboxylic acids is 2. The van der Waals surface area contributed by atoms with E-state index in [0.717, 1.165) is 67.0 Å². The van der Waals surface area contributed by atoms with Gasteiger partial charge in [0.05, 0.1) is 29.6 Å². The largest absolute Gasteiger partial charge is 0.494 e. The van der Waals surface area contributed by atoms with Crippen LogP contribution >= 0.6 is 0 Å². The molecule has 0 aliphatic carbocycles. The molecule has 1 saturated heterocycles. The molecule has 12 heteroatoms. The van der Waals surface area contributed by atoms with E-state index in [4.69, 9.17) is 9.47 Å². The van der Waals surface area contributed by atoms with Crippen molar-refractivity contribution in [1.29, 1.82) is 0 Å². The van der Waals surface area contributed by atoms with Gasteiger partial charge in [0.1, 0.15) is 17.2 Å². The van der Waals surface area contributed by atoms with Gasteiger partial charge in [0, 0.05) is 62.9 Å². The van der Waals surface area contributed by atoms with Gasteiger partial charge >= 0.3 is 6.18 Å². The average molecular weight is 672 g/mol. The highest BCUT2D eigenvalue weighted by atomic mass is 19.4. The SMILES string of the molecule is CCCOc1ccc(CN2CCN(C(=O)c3cc4ccc(Oc5ccc(NC(=O)c6ccc(C(F)(F)F)cc6)cn5)cc4n3C)CC2)cc1. The van der Waals surface area contributed by atoms with Crippen molar-refractivity contribution in [3.05, 3.63) is 114 Å². The Labute approximate surface area is 281 Å². The molecular weight excluding hydrogens is 635 g/mol. The number of nitrogens with one attached hydrogen (secondary N) is 1. The zero-order valence-corrected chi connectivity index (χ0v) is 27.2. The van der Waals surface area contributed by atoms with Gasteiger partial charge in [-0.15, -0.1) is 0 Å². The molecule has 254 valence electrons. The Balaban J connectivity index is 1.03. The fourth-order valence-corrected chi connectivity index (χ4v) is 5.67. The third-order valence-electron chi connectivity index (χ3n) is 8.39. The molecule has 1 aliphatic heterocycles. The van der Waals surface area contributed by atoms with E-state index >= 15 is 0 Å². The highest BCUT2D eigenvalue weighted by Crippen LogP contribution is 2.30. The lowest BCUT2D eigenvalue weighted by Crippen LogP contribution is -2.48. The summed E-state index contributed by atoms with van der Waals surface area (Å²) >= 11 is 0. The van der Waals surface area contributed by atoms with Gasteiger partial charge in [0.25, 0.3) is 11.8 Å². The van der Waals surface area contributed by atoms with Gasteiger partial charge in [0.15, 0.2) is 0 Å². The molecule has 1 fully saturated rings. The van der Waals surface area contributed by atoms with Crippen LogP contribution in [0, 0.1) is 0 Å². The van der Waals surface area contributed by atoms with Crippen LogP contribution in [0.1, 0.15) is 45.3 Å². The second-order valence-corrected chi connectivity index (χ2v) is 11.9. The molecule has 2 amide bonds. The summed E-state index contributed by atoms with van der Waals surface area (Å²) < 4.78 is 51.9. The number of rotatable bonds is 10. The van der Waals surface area contributed by atoms with Crippen LogP contribution in [-0.4, -0.2) is 64.0 Å². The van der Waals surface area contributed by atoms with Gasteiger partial charge < -0.3 is 24.3 Å². The molecule has 49 heavy (non-hydrogen) atoms. The first-order valence-corrected chi connectivity index (χ1v) is 16.0. The minimum atomic E-state index is -4.48. The van der Waals surface area contributed by atoms with Crippen molar-refractivity contribution in [3.63, 3.8) is 0 Å². The lowest BCUT2D eigenvalue weighted by atomic mass is 10.1. The van der Waals surface area contributed by atoms with Gasteiger partial charge in [-0.05, 0) is 72.6 Å². The number of alkyl halides is 3. The number of ether oxygens (including phenoxy) is 2. The molecule has 3 aromatic carbocycles. The number of fused-ring (bicyclic) bond motifs is 1. The van der Waals surface area contributed by atoms with Crippen LogP contribution in [0.4, 0.5) is 18.9 Å². The van der Waals surface area contributed by atoms with E-state index in [1.165, 1.54) is 11.8 Å². The number of benzene rings is 3. The topological polar surface area (TPSA) is 88.9 Å². The molecule has 0 radical (unpaired) electrons. The number of hydrogen-bond acceptors (Lipinski definition) is 6. The van der Waals surface area contributed by atoms with Crippen molar-refractivity contribution in [1.82, 2.24) is 19.4 Å². The summed E-state index contributed by atoms with van der Waals surface area (Å²) in [6.45, 7) is 6.46. The third-order valence-corrected chi connectivity index (χ3v) is 8.39. The van der Waals surface area contributed by atoms with Crippen molar-refractivity contribution < 1.29 is 32.2 Å². The lowest BCUT2D eigenvalue weighted by Gasteiger charge is -2.34. The van der Waals surface area contributed by atoms with E-state index in [1.54, 1.807) is 18.2 Å². The first-order valence-electron chi connectivity index (χ1n) is 16.0. The summed E-state index contributed by atoms with van der Waals surface area (Å²) in [5.74, 6) is 1.08. The Morgan fingerprint density at radius 3 is 2.24 bits per heavy atom. The molecular formula is C37H36F3N5O4. The minimum Gasteiger partial charge on any atom is -0.494 e. The summed E-state index contributed by atoms with van der Waals surface area (Å²) in [6, 6.07) is 22.7. The van der Waals surface area contributed by atoms with Crippen molar-refractivity contribution in [2.45, 2.75) is 26.1 Å². The predicted octanol–water partition coefficient (Wildman–Crippen LogP) is 7.38. The number of hydrogen-bond donors (Lipinski definition) is 1. The molecule has 3 heterocycles. The number of nitrogens with zero attached hydrogens (tertiary/aromatic N) is 4. The van der Waals surface area contributed by atoms with Crippen molar-refractivity contribution in [2.75, 3.05) is 38.1 Å². The normalized spacial score (nSPS) is 13.8. The maximum Gasteiger partial charge on any atom is 0.416 e. The number of aromatic nitrogens is 2. The summed E-state index contributed by atoms with van der Waals surface area (Å²) in [5.41, 5.74) is 2.24. The summed E-state index contributed by atoms with van der Waals surface area (Å²) in [7, 11) is 1.86. The van der Waals surface area contributed by atoms with Gasteiger partial charge in [-0.25, -0.2) is 4.98 Å². The quantitative estimate of drug-likeness (QED) is 0.167. The predicted molar refractivity (Wildman–Crippen MR) is 180 cm³/mol. The fourth-order valence-electron chi connectivity index (χ4n) is 5.67. The zero-order chi connectivity index (χ0) is 34.5. The molecule has 0 unspecified atom stereocenters. The van der Waals surface area contributed by atoms with E-state index in [9.17, 15) is 22.8 Å². The standard InChI is InChI=1S/C37H36F3N5O4/c1-3-20-48-30-12-4-25(5-13-30)24-44-16-18-45(19-17-44)36(47)33-21-27-8-14-31(22-32(27)43(33)2)49-34-15-11-29(23-41-34)42-35(46)26-6-9-28(10-7-26)37(38,39)40/h4-15,21-23H,3,16-20,24H2,1-2H3,(H,42,46). The van der Waals surface area contributed by atoms with Crippen molar-refractivity contribution in [2.24, 2.45) is 7.05 Å². The van der Waals surface area contributed by atoms with Gasteiger partial charge in [-0.2, -0.15) is 13.2 Å². The molecule has 6 rings (SSSR count). The fraction of sp³-hybridized carbons (Fsp3) is 0.270. The molecule has 9 nitrogen and oxygen atoms in total. The number of piperazine rings is 1. The summed E-state index contributed by atoms with van der Waals surface area (Å²) in [4.78, 5) is 34.5. The number of amides is 2. The van der Waals surface area contributed by atoms with Gasteiger partial charge in [-0.1, -0.05) is 19.1 Å². The van der Waals surface area contributed by atoms with Gasteiger partial charge in [0.2, 0.25) is 5.88 Å². The van der Waals surface area contributed by atoms with E-state index in [-0.39, 0.29) is 17.4 Å². The van der Waals surface area contributed by atoms with E-state index in [2.05, 4.69) is 34.3 Å². The molecule has 0 spiro atoms. The number of anilines is 1. The van der Waals surface area contributed by atoms with Crippen LogP contribution in [0.15, 0.2) is 91.1 Å². The number of aryl methyl sites for hydroxylation is 1. The third kappa shape index (κ3) is 8.03. The highest BCUT2D eigenvalue weighted by molar-refractivity contribution is 6.04. The summed E-state index contributed by atoms with van der Waals surface area (Å²) in [5, 5.41) is 3.52. The number of carbonyl (C=O) groups is 2. The molecule has 0 atom stereocenters. The monoisotopic (exact) mass is 671 g/mol. The van der Waals surface area contributed by atoms with E-state index in [0.29, 0.717) is 36.8 Å². The Morgan fingerprint density at radius 1 is 0.878 bits per heavy atom. The van der Waals surface area contributed by atoms with Crippen LogP contribution in [-0.2, 0) is 19.8 Å². The Morgan fingerprint density at radius 2 is 1.59 bits per heavy atom. The molecule has 2 aromatic heterocycles. The molecule has 0 bridgehead atoms. The maximum absolute atomic E-state index is 13.6. The second-order valence-electron chi connectivity index (χ2n) is 11.9. The van der Waals surface area contributed by atoms with Crippen molar-refractivity contribution in [3.8, 4) is 17.4 Å². The van der Waals surface area contributed by atoms with Crippen LogP contribution < -0.4 is 14.8 Å². The van der Waals surface area contributed by atoms with Crippen LogP contribution in [0.25, 0.3) is 10.9 Å². The van der Waals surface area contributed by atoms with Gasteiger partial charge in [-0.3, -0.25) is 14.5 Å². The number of pyridine rings is 1. The van der Waals surface area contributed by atoms with Crippen LogP contribution in [0.3, 0.4) is 0 Å². The molecule has 5 aromatic rings. The lowest BCUT2D eigenvalue weighted by molar-refractivity contribution is -0.137. The zero-order valence-electron chi connectivity index (χ0n) is 27.2. The first kappa shape index (κ1) is 33.5. The van der Waals surface area contributed by atoms with E-state index in [1.807, 2.05) is 46.8 Å². The average Bonchev–Trinajstić information content (AvgIpc) is 3.43. The summed E-state index contributed by atoms with van der Waals surface area (Å²) in [6.07, 6.45) is -2.11. The molecule has 0 saturated carbocycles.